The lowest BCUT2D eigenvalue weighted by atomic mass is 9.99. The number of ether oxygens (including phenoxy) is 1. The van der Waals surface area contributed by atoms with Gasteiger partial charge in [0.1, 0.15) is 0 Å². The van der Waals surface area contributed by atoms with Crippen LogP contribution in [0, 0.1) is 5.92 Å². The minimum Gasteiger partial charge on any atom is -0.385 e. The Morgan fingerprint density at radius 1 is 1.50 bits per heavy atom. The molecule has 4 heteroatoms. The SMILES string of the molecule is CCC(CC)C1CN=C(NCCCOC)S1. The van der Waals surface area contributed by atoms with Gasteiger partial charge in [0.05, 0.1) is 6.54 Å². The zero-order chi connectivity index (χ0) is 11.8. The number of aliphatic imine (C=N–C) groups is 1. The highest BCUT2D eigenvalue weighted by Gasteiger charge is 2.25. The first kappa shape index (κ1) is 13.8. The molecule has 94 valence electrons. The lowest BCUT2D eigenvalue weighted by Gasteiger charge is -2.18. The Labute approximate surface area is 103 Å². The van der Waals surface area contributed by atoms with Gasteiger partial charge in [-0.2, -0.15) is 0 Å². The summed E-state index contributed by atoms with van der Waals surface area (Å²) < 4.78 is 5.01. The number of hydrogen-bond acceptors (Lipinski definition) is 4. The summed E-state index contributed by atoms with van der Waals surface area (Å²) in [7, 11) is 1.74. The molecule has 0 aromatic rings. The molecule has 1 aliphatic rings. The minimum atomic E-state index is 0.694. The Morgan fingerprint density at radius 2 is 2.25 bits per heavy atom. The quantitative estimate of drug-likeness (QED) is 0.699. The third-order valence-electron chi connectivity index (χ3n) is 3.05. The number of methoxy groups -OCH3 is 1. The molecule has 0 saturated heterocycles. The summed E-state index contributed by atoms with van der Waals surface area (Å²) in [4.78, 5) is 4.56. The molecule has 0 aromatic heterocycles. The average molecular weight is 244 g/mol. The van der Waals surface area contributed by atoms with E-state index in [2.05, 4.69) is 24.2 Å². The highest BCUT2D eigenvalue weighted by Crippen LogP contribution is 2.30. The molecular formula is C12H24N2OS. The van der Waals surface area contributed by atoms with Gasteiger partial charge in [0.25, 0.3) is 0 Å². The van der Waals surface area contributed by atoms with Gasteiger partial charge < -0.3 is 10.1 Å². The maximum Gasteiger partial charge on any atom is 0.156 e. The molecule has 0 saturated carbocycles. The molecule has 0 aromatic carbocycles. The van der Waals surface area contributed by atoms with Gasteiger partial charge in [0.2, 0.25) is 0 Å². The fraction of sp³-hybridized carbons (Fsp3) is 0.917. The number of amidine groups is 1. The molecule has 1 unspecified atom stereocenters. The molecule has 1 N–H and O–H groups in total. The molecule has 0 fully saturated rings. The maximum absolute atomic E-state index is 5.01. The van der Waals surface area contributed by atoms with Crippen LogP contribution in [0.5, 0.6) is 0 Å². The normalized spacial score (nSPS) is 20.2. The van der Waals surface area contributed by atoms with Crippen molar-refractivity contribution in [1.29, 1.82) is 0 Å². The molecule has 1 rings (SSSR count). The largest absolute Gasteiger partial charge is 0.385 e. The van der Waals surface area contributed by atoms with Crippen molar-refractivity contribution in [3.8, 4) is 0 Å². The zero-order valence-electron chi connectivity index (χ0n) is 10.7. The number of nitrogens with one attached hydrogen (secondary N) is 1. The van der Waals surface area contributed by atoms with E-state index in [0.717, 1.165) is 37.2 Å². The van der Waals surface area contributed by atoms with E-state index in [1.807, 2.05) is 11.8 Å². The minimum absolute atomic E-state index is 0.694. The van der Waals surface area contributed by atoms with Crippen LogP contribution in [0.25, 0.3) is 0 Å². The van der Waals surface area contributed by atoms with E-state index >= 15 is 0 Å². The van der Waals surface area contributed by atoms with Crippen LogP contribution in [0.15, 0.2) is 4.99 Å². The monoisotopic (exact) mass is 244 g/mol. The van der Waals surface area contributed by atoms with Crippen molar-refractivity contribution >= 4 is 16.9 Å². The molecule has 0 aliphatic carbocycles. The molecule has 1 heterocycles. The standard InChI is InChI=1S/C12H24N2OS/c1-4-10(5-2)11-9-14-12(16-11)13-7-6-8-15-3/h10-11H,4-9H2,1-3H3,(H,13,14). The molecule has 0 spiro atoms. The van der Waals surface area contributed by atoms with Gasteiger partial charge in [-0.3, -0.25) is 4.99 Å². The number of rotatable bonds is 7. The fourth-order valence-electron chi connectivity index (χ4n) is 1.96. The van der Waals surface area contributed by atoms with Crippen molar-refractivity contribution in [2.75, 3.05) is 26.8 Å². The average Bonchev–Trinajstić information content (AvgIpc) is 2.75. The topological polar surface area (TPSA) is 33.6 Å². The molecule has 0 radical (unpaired) electrons. The lowest BCUT2D eigenvalue weighted by molar-refractivity contribution is 0.196. The second-order valence-corrected chi connectivity index (χ2v) is 5.38. The summed E-state index contributed by atoms with van der Waals surface area (Å²) in [6.45, 7) is 7.33. The Balaban J connectivity index is 2.18. The van der Waals surface area contributed by atoms with Gasteiger partial charge in [-0.25, -0.2) is 0 Å². The first-order valence-electron chi connectivity index (χ1n) is 6.25. The van der Waals surface area contributed by atoms with Crippen LogP contribution >= 0.6 is 11.8 Å². The van der Waals surface area contributed by atoms with Gasteiger partial charge in [-0.15, -0.1) is 0 Å². The second-order valence-electron chi connectivity index (χ2n) is 4.15. The molecule has 3 nitrogen and oxygen atoms in total. The first-order chi connectivity index (χ1) is 7.81. The molecule has 1 aliphatic heterocycles. The van der Waals surface area contributed by atoms with Crippen LogP contribution in [0.1, 0.15) is 33.1 Å². The van der Waals surface area contributed by atoms with Crippen LogP contribution in [-0.2, 0) is 4.74 Å². The van der Waals surface area contributed by atoms with Gasteiger partial charge >= 0.3 is 0 Å². The van der Waals surface area contributed by atoms with E-state index in [1.165, 1.54) is 12.8 Å². The van der Waals surface area contributed by atoms with Crippen LogP contribution in [-0.4, -0.2) is 37.2 Å². The summed E-state index contributed by atoms with van der Waals surface area (Å²) in [6.07, 6.45) is 3.58. The third kappa shape index (κ3) is 4.34. The van der Waals surface area contributed by atoms with Crippen LogP contribution in [0.2, 0.25) is 0 Å². The summed E-state index contributed by atoms with van der Waals surface area (Å²) in [5.74, 6) is 0.812. The summed E-state index contributed by atoms with van der Waals surface area (Å²) in [5.41, 5.74) is 0. The van der Waals surface area contributed by atoms with E-state index in [0.29, 0.717) is 5.25 Å². The highest BCUT2D eigenvalue weighted by atomic mass is 32.2. The Hall–Kier alpha value is -0.220. The predicted molar refractivity (Wildman–Crippen MR) is 72.2 cm³/mol. The molecular weight excluding hydrogens is 220 g/mol. The van der Waals surface area contributed by atoms with E-state index in [-0.39, 0.29) is 0 Å². The van der Waals surface area contributed by atoms with Crippen molar-refractivity contribution in [3.63, 3.8) is 0 Å². The van der Waals surface area contributed by atoms with Gasteiger partial charge in [-0.05, 0) is 12.3 Å². The van der Waals surface area contributed by atoms with E-state index < -0.39 is 0 Å². The van der Waals surface area contributed by atoms with Crippen LogP contribution in [0.4, 0.5) is 0 Å². The number of thioether (sulfide) groups is 1. The van der Waals surface area contributed by atoms with Crippen molar-refractivity contribution in [1.82, 2.24) is 5.32 Å². The van der Waals surface area contributed by atoms with Crippen molar-refractivity contribution in [2.24, 2.45) is 10.9 Å². The predicted octanol–water partition coefficient (Wildman–Crippen LogP) is 2.52. The van der Waals surface area contributed by atoms with Crippen LogP contribution < -0.4 is 5.32 Å². The molecule has 16 heavy (non-hydrogen) atoms. The fourth-order valence-corrected chi connectivity index (χ4v) is 3.31. The number of nitrogens with zero attached hydrogens (tertiary/aromatic N) is 1. The second kappa shape index (κ2) is 7.96. The summed E-state index contributed by atoms with van der Waals surface area (Å²) in [5, 5.41) is 5.21. The Morgan fingerprint density at radius 3 is 2.88 bits per heavy atom. The lowest BCUT2D eigenvalue weighted by Crippen LogP contribution is -2.23. The molecule has 0 amide bonds. The highest BCUT2D eigenvalue weighted by molar-refractivity contribution is 8.14. The zero-order valence-corrected chi connectivity index (χ0v) is 11.5. The maximum atomic E-state index is 5.01. The van der Waals surface area contributed by atoms with E-state index in [4.69, 9.17) is 4.74 Å². The van der Waals surface area contributed by atoms with Crippen molar-refractivity contribution in [3.05, 3.63) is 0 Å². The smallest absolute Gasteiger partial charge is 0.156 e. The molecule has 1 atom stereocenters. The van der Waals surface area contributed by atoms with Gasteiger partial charge in [0.15, 0.2) is 5.17 Å². The van der Waals surface area contributed by atoms with E-state index in [9.17, 15) is 0 Å². The number of hydrogen-bond donors (Lipinski definition) is 1. The Kier molecular flexibility index (Phi) is 6.88. The van der Waals surface area contributed by atoms with Crippen molar-refractivity contribution in [2.45, 2.75) is 38.4 Å². The van der Waals surface area contributed by atoms with E-state index in [1.54, 1.807) is 7.11 Å². The van der Waals surface area contributed by atoms with Crippen molar-refractivity contribution < 1.29 is 4.74 Å². The summed E-state index contributed by atoms with van der Waals surface area (Å²) in [6, 6.07) is 0. The van der Waals surface area contributed by atoms with Crippen LogP contribution in [0.3, 0.4) is 0 Å². The Bertz CT molecular complexity index is 217. The summed E-state index contributed by atoms with van der Waals surface area (Å²) >= 11 is 1.92. The first-order valence-corrected chi connectivity index (χ1v) is 7.13. The third-order valence-corrected chi connectivity index (χ3v) is 4.39. The van der Waals surface area contributed by atoms with Gasteiger partial charge in [-0.1, -0.05) is 38.5 Å². The van der Waals surface area contributed by atoms with Gasteiger partial charge in [0, 0.05) is 25.5 Å². The molecule has 0 bridgehead atoms.